The van der Waals surface area contributed by atoms with Crippen LogP contribution in [0.25, 0.3) is 208 Å². The van der Waals surface area contributed by atoms with Gasteiger partial charge in [-0.3, -0.25) is 0 Å². The molecule has 0 saturated carbocycles. The molecule has 0 saturated heterocycles. The summed E-state index contributed by atoms with van der Waals surface area (Å²) in [4.78, 5) is 0. The Morgan fingerprint density at radius 2 is 0.548 bits per heavy atom. The molecule has 0 aliphatic rings. The highest BCUT2D eigenvalue weighted by Gasteiger charge is 2.23. The largest absolute Gasteiger partial charge is 0.569 e. The van der Waals surface area contributed by atoms with Crippen LogP contribution in [0.1, 0.15) is 0 Å². The first-order valence-electron chi connectivity index (χ1n) is 34.8. The Kier molecular flexibility index (Phi) is 14.6. The van der Waals surface area contributed by atoms with Gasteiger partial charge in [-0.15, -0.1) is 0 Å². The lowest BCUT2D eigenvalue weighted by atomic mass is 9.84. The predicted octanol–water partition coefficient (Wildman–Crippen LogP) is 27.6. The molecule has 4 heterocycles. The molecule has 0 atom stereocenters. The lowest BCUT2D eigenvalue weighted by molar-refractivity contribution is 0.459. The summed E-state index contributed by atoms with van der Waals surface area (Å²) in [7, 11) is 0.756. The SMILES string of the molecule is Brc1cccc(-c2ccc3oc4c(ccc5c6ccccc6oc54)c3c2)c1.O[B]Oc1c2ccccc2c(-c2cccc3ccccc23)c2ccccc12.c1cc(-c2ccc3oc4c(ccc5c6ccccc6oc54)c3c2)cc(-c2c3ccccc3c(-c3cccc4ccccc34)c3ccccc23)c1. The molecule has 487 valence electrons. The zero-order valence-corrected chi connectivity index (χ0v) is 57.4. The van der Waals surface area contributed by atoms with Gasteiger partial charge in [0.1, 0.15) is 28.1 Å². The number of halogens is 1. The van der Waals surface area contributed by atoms with E-state index in [0.29, 0.717) is 5.75 Å². The minimum absolute atomic E-state index is 0.674. The molecule has 1 radical (unpaired) electrons. The monoisotopic (exact) mass is 1400 g/mol. The maximum atomic E-state index is 9.32. The van der Waals surface area contributed by atoms with Crippen molar-refractivity contribution in [2.24, 2.45) is 0 Å². The van der Waals surface area contributed by atoms with Crippen molar-refractivity contribution in [3.8, 4) is 61.4 Å². The Morgan fingerprint density at radius 3 is 0.990 bits per heavy atom. The molecule has 1 N–H and O–H groups in total. The second-order valence-electron chi connectivity index (χ2n) is 26.5. The normalized spacial score (nSPS) is 11.8. The Balaban J connectivity index is 0.000000113. The van der Waals surface area contributed by atoms with Crippen molar-refractivity contribution in [3.63, 3.8) is 0 Å². The van der Waals surface area contributed by atoms with Crippen LogP contribution in [0, 0.1) is 0 Å². The van der Waals surface area contributed by atoms with Crippen LogP contribution < -0.4 is 4.65 Å². The third kappa shape index (κ3) is 10.0. The van der Waals surface area contributed by atoms with Gasteiger partial charge in [0.2, 0.25) is 0 Å². The van der Waals surface area contributed by atoms with E-state index in [2.05, 4.69) is 271 Å². The van der Waals surface area contributed by atoms with Crippen LogP contribution in [0.15, 0.2) is 362 Å². The van der Waals surface area contributed by atoms with Crippen molar-refractivity contribution in [2.45, 2.75) is 0 Å². The van der Waals surface area contributed by atoms with E-state index in [1.165, 1.54) is 82.0 Å². The summed E-state index contributed by atoms with van der Waals surface area (Å²) in [5.41, 5.74) is 18.7. The van der Waals surface area contributed by atoms with Crippen LogP contribution >= 0.6 is 15.9 Å². The first kappa shape index (κ1) is 60.9. The van der Waals surface area contributed by atoms with Crippen LogP contribution in [-0.2, 0) is 0 Å². The quantitative estimate of drug-likeness (QED) is 0.126. The van der Waals surface area contributed by atoms with E-state index in [4.69, 9.17) is 22.3 Å². The molecule has 0 aliphatic carbocycles. The number of fused-ring (bicyclic) bond motifs is 20. The standard InChI is InChI=1S/C48H28O2.C24H16BO2.C24H13BrO2/c1-2-15-33-29(11-1)12-10-21-35(33)46-38-19-5-3-17-36(38)45(37-18-4-6-20-39(37)46)32-14-9-13-30(27-32)31-23-26-44-42(28-31)41-25-24-40-34-16-7-8-22-43(34)49-47(40)48(41)50-44;26-25-27-24-21-13-5-3-11-19(21)23(20-12-4-6-14-22(20)24)18-15-7-9-16-8-1-2-10-17(16)18;25-16-5-3-4-14(12-16)15-8-11-22-20(13-15)19-10-9-18-17-6-1-2-7-21(17)26-23(18)24(19)27-22/h1-28H;1-15,26H;1-13H. The third-order valence-corrected chi connectivity index (χ3v) is 21.2. The van der Waals surface area contributed by atoms with Gasteiger partial charge in [-0.1, -0.05) is 277 Å². The van der Waals surface area contributed by atoms with E-state index >= 15 is 0 Å². The second-order valence-corrected chi connectivity index (χ2v) is 27.4. The van der Waals surface area contributed by atoms with Crippen LogP contribution in [0.5, 0.6) is 5.75 Å². The average molecular weight is 1400 g/mol. The van der Waals surface area contributed by atoms with Gasteiger partial charge >= 0.3 is 7.69 Å². The fourth-order valence-electron chi connectivity index (χ4n) is 16.1. The molecule has 0 spiro atoms. The number of hydrogen-bond donors (Lipinski definition) is 1. The molecule has 104 heavy (non-hydrogen) atoms. The molecule has 22 rings (SSSR count). The van der Waals surface area contributed by atoms with Crippen molar-refractivity contribution >= 4 is 176 Å². The van der Waals surface area contributed by atoms with Crippen molar-refractivity contribution < 1.29 is 27.3 Å². The smallest absolute Gasteiger partial charge is 0.537 e. The molecule has 0 aliphatic heterocycles. The fraction of sp³-hybridized carbons (Fsp3) is 0. The van der Waals surface area contributed by atoms with Gasteiger partial charge in [0.15, 0.2) is 22.3 Å². The minimum Gasteiger partial charge on any atom is -0.537 e. The minimum atomic E-state index is 0.674. The lowest BCUT2D eigenvalue weighted by Crippen LogP contribution is -2.02. The van der Waals surface area contributed by atoms with E-state index < -0.39 is 0 Å². The number of furan rings is 4. The zero-order chi connectivity index (χ0) is 68.9. The van der Waals surface area contributed by atoms with Gasteiger partial charge < -0.3 is 27.3 Å². The molecule has 0 fully saturated rings. The Bertz CT molecular complexity index is 7110. The van der Waals surface area contributed by atoms with Crippen LogP contribution in [0.2, 0.25) is 0 Å². The second kappa shape index (κ2) is 25.0. The molecule has 0 bridgehead atoms. The average Bonchev–Trinajstić information content (AvgIpc) is 1.07. The maximum absolute atomic E-state index is 9.32. The van der Waals surface area contributed by atoms with Gasteiger partial charge in [-0.2, -0.15) is 0 Å². The van der Waals surface area contributed by atoms with Gasteiger partial charge in [-0.05, 0) is 188 Å². The first-order chi connectivity index (χ1) is 51.5. The Hall–Kier alpha value is -13.0. The summed E-state index contributed by atoms with van der Waals surface area (Å²) in [6.07, 6.45) is 0. The van der Waals surface area contributed by atoms with Gasteiger partial charge in [0.25, 0.3) is 0 Å². The summed E-state index contributed by atoms with van der Waals surface area (Å²) < 4.78 is 31.7. The lowest BCUT2D eigenvalue weighted by Gasteiger charge is -2.19. The number of hydrogen-bond acceptors (Lipinski definition) is 6. The molecule has 0 unspecified atom stereocenters. The Labute approximate surface area is 604 Å². The molecule has 4 aromatic heterocycles. The zero-order valence-electron chi connectivity index (χ0n) is 55.8. The summed E-state index contributed by atoms with van der Waals surface area (Å²) in [5, 5.41) is 32.1. The Morgan fingerprint density at radius 1 is 0.231 bits per heavy atom. The number of benzene rings is 18. The highest BCUT2D eigenvalue weighted by atomic mass is 79.9. The van der Waals surface area contributed by atoms with Gasteiger partial charge in [-0.25, -0.2) is 0 Å². The van der Waals surface area contributed by atoms with E-state index in [-0.39, 0.29) is 0 Å². The highest BCUT2D eigenvalue weighted by molar-refractivity contribution is 9.10. The van der Waals surface area contributed by atoms with Crippen molar-refractivity contribution in [3.05, 3.63) is 344 Å². The first-order valence-corrected chi connectivity index (χ1v) is 35.6. The number of para-hydroxylation sites is 2. The molecular formula is C96H57BBrO6. The molecule has 6 nitrogen and oxygen atoms in total. The van der Waals surface area contributed by atoms with Crippen molar-refractivity contribution in [2.75, 3.05) is 0 Å². The fourth-order valence-corrected chi connectivity index (χ4v) is 16.5. The third-order valence-electron chi connectivity index (χ3n) is 20.7. The predicted molar refractivity (Wildman–Crippen MR) is 437 cm³/mol. The van der Waals surface area contributed by atoms with E-state index in [0.717, 1.165) is 138 Å². The topological polar surface area (TPSA) is 82.0 Å². The van der Waals surface area contributed by atoms with E-state index in [1.807, 2.05) is 84.9 Å². The van der Waals surface area contributed by atoms with E-state index in [9.17, 15) is 5.02 Å². The molecule has 8 heteroatoms. The summed E-state index contributed by atoms with van der Waals surface area (Å²) in [5.74, 6) is 0.674. The number of rotatable bonds is 7. The highest BCUT2D eigenvalue weighted by Crippen LogP contribution is 2.49. The molecular weight excluding hydrogens is 1340 g/mol. The van der Waals surface area contributed by atoms with Crippen LogP contribution in [0.4, 0.5) is 0 Å². The van der Waals surface area contributed by atoms with Crippen LogP contribution in [0.3, 0.4) is 0 Å². The van der Waals surface area contributed by atoms with Crippen LogP contribution in [-0.4, -0.2) is 12.7 Å². The maximum Gasteiger partial charge on any atom is 0.569 e. The van der Waals surface area contributed by atoms with Gasteiger partial charge in [0, 0.05) is 58.3 Å². The van der Waals surface area contributed by atoms with Crippen molar-refractivity contribution in [1.29, 1.82) is 0 Å². The molecule has 22 aromatic rings. The molecule has 18 aromatic carbocycles. The van der Waals surface area contributed by atoms with Gasteiger partial charge in [0.05, 0.1) is 0 Å². The van der Waals surface area contributed by atoms with Crippen molar-refractivity contribution in [1.82, 2.24) is 0 Å². The summed E-state index contributed by atoms with van der Waals surface area (Å²) in [6.45, 7) is 0. The summed E-state index contributed by atoms with van der Waals surface area (Å²) in [6, 6.07) is 119. The molecule has 0 amide bonds. The van der Waals surface area contributed by atoms with E-state index in [1.54, 1.807) is 0 Å². The summed E-state index contributed by atoms with van der Waals surface area (Å²) >= 11 is 3.55.